The summed E-state index contributed by atoms with van der Waals surface area (Å²) in [6, 6.07) is 6.47. The number of hydrogen-bond donors (Lipinski definition) is 2. The van der Waals surface area contributed by atoms with Crippen LogP contribution in [-0.4, -0.2) is 34.7 Å². The summed E-state index contributed by atoms with van der Waals surface area (Å²) in [5, 5.41) is 7.42. The van der Waals surface area contributed by atoms with Gasteiger partial charge in [-0.05, 0) is 29.8 Å². The van der Waals surface area contributed by atoms with E-state index in [4.69, 9.17) is 20.9 Å². The Morgan fingerprint density at radius 1 is 1.32 bits per heavy atom. The van der Waals surface area contributed by atoms with Gasteiger partial charge < -0.3 is 19.6 Å². The third kappa shape index (κ3) is 3.66. The highest BCUT2D eigenvalue weighted by Gasteiger charge is 2.19. The quantitative estimate of drug-likeness (QED) is 0.623. The fraction of sp³-hybridized carbons (Fsp3) is 0.222. The Kier molecular flexibility index (Phi) is 5.83. The first-order valence-corrected chi connectivity index (χ1v) is 8.62. The summed E-state index contributed by atoms with van der Waals surface area (Å²) >= 11 is 6.03. The van der Waals surface area contributed by atoms with Crippen LogP contribution in [0.5, 0.6) is 0 Å². The molecule has 0 fully saturated rings. The van der Waals surface area contributed by atoms with Gasteiger partial charge >= 0.3 is 5.97 Å². The number of H-pyrrole nitrogens is 1. The number of carbonyl (C=O) groups is 1. The van der Waals surface area contributed by atoms with Gasteiger partial charge in [-0.2, -0.15) is 4.98 Å². The molecule has 4 rings (SSSR count). The average molecular weight is 423 g/mol. The summed E-state index contributed by atoms with van der Waals surface area (Å²) in [7, 11) is 1.27. The summed E-state index contributed by atoms with van der Waals surface area (Å²) in [6.45, 7) is 1.50. The highest BCUT2D eigenvalue weighted by Crippen LogP contribution is 2.26. The highest BCUT2D eigenvalue weighted by atomic mass is 35.5. The maximum atomic E-state index is 12.4. The molecular weight excluding hydrogens is 407 g/mol. The molecule has 8 nitrogen and oxygen atoms in total. The number of nitrogens with zero attached hydrogens (tertiary/aromatic N) is 2. The van der Waals surface area contributed by atoms with Crippen LogP contribution in [0.4, 0.5) is 0 Å². The normalized spacial score (nSPS) is 12.8. The van der Waals surface area contributed by atoms with Crippen molar-refractivity contribution in [3.8, 4) is 22.8 Å². The summed E-state index contributed by atoms with van der Waals surface area (Å²) in [4.78, 5) is 31.4. The number of carbonyl (C=O) groups excluding carboxylic acids is 1. The van der Waals surface area contributed by atoms with E-state index in [0.717, 1.165) is 24.2 Å². The van der Waals surface area contributed by atoms with Crippen LogP contribution in [0.3, 0.4) is 0 Å². The summed E-state index contributed by atoms with van der Waals surface area (Å²) in [6.07, 6.45) is 0.767. The lowest BCUT2D eigenvalue weighted by atomic mass is 10.0. The maximum absolute atomic E-state index is 12.4. The largest absolute Gasteiger partial charge is 0.465 e. The number of hydrogen-bond acceptors (Lipinski definition) is 7. The predicted molar refractivity (Wildman–Crippen MR) is 105 cm³/mol. The van der Waals surface area contributed by atoms with Gasteiger partial charge in [0.1, 0.15) is 0 Å². The minimum absolute atomic E-state index is 0. The van der Waals surface area contributed by atoms with Crippen molar-refractivity contribution in [3.05, 3.63) is 56.5 Å². The van der Waals surface area contributed by atoms with Gasteiger partial charge in [-0.1, -0.05) is 16.8 Å². The van der Waals surface area contributed by atoms with E-state index in [9.17, 15) is 9.59 Å². The average Bonchev–Trinajstić information content (AvgIpc) is 3.17. The number of halogens is 2. The van der Waals surface area contributed by atoms with Gasteiger partial charge in [0.15, 0.2) is 0 Å². The van der Waals surface area contributed by atoms with Crippen molar-refractivity contribution in [2.24, 2.45) is 0 Å². The third-order valence-corrected chi connectivity index (χ3v) is 4.70. The van der Waals surface area contributed by atoms with Gasteiger partial charge in [0, 0.05) is 30.8 Å². The molecule has 2 aromatic heterocycles. The zero-order valence-corrected chi connectivity index (χ0v) is 16.3. The monoisotopic (exact) mass is 422 g/mol. The molecule has 0 aliphatic carbocycles. The van der Waals surface area contributed by atoms with Crippen molar-refractivity contribution in [3.63, 3.8) is 0 Å². The zero-order chi connectivity index (χ0) is 19.0. The van der Waals surface area contributed by atoms with Crippen LogP contribution in [-0.2, 0) is 17.7 Å². The van der Waals surface area contributed by atoms with Gasteiger partial charge in [0.2, 0.25) is 5.82 Å². The van der Waals surface area contributed by atoms with E-state index < -0.39 is 5.97 Å². The number of aromatic amines is 1. The molecule has 3 heterocycles. The minimum Gasteiger partial charge on any atom is -0.465 e. The van der Waals surface area contributed by atoms with Crippen LogP contribution in [0, 0.1) is 0 Å². The molecule has 0 radical (unpaired) electrons. The topological polar surface area (TPSA) is 110 Å². The standard InChI is InChI=1S/C18H15ClN4O4.ClH/c1-26-18(25)11-6-9(2-3-13(11)19)17-22-15(23-27-17)12-7-10-8-20-5-4-14(10)21-16(12)24;/h2-3,6-7,20H,4-5,8H2,1H3,(H,21,24);1H. The Balaban J connectivity index is 0.00000225. The van der Waals surface area contributed by atoms with Crippen LogP contribution in [0.25, 0.3) is 22.8 Å². The second-order valence-electron chi connectivity index (χ2n) is 6.05. The predicted octanol–water partition coefficient (Wildman–Crippen LogP) is 2.60. The number of esters is 1. The van der Waals surface area contributed by atoms with Crippen molar-refractivity contribution in [1.29, 1.82) is 0 Å². The van der Waals surface area contributed by atoms with Gasteiger partial charge in [-0.15, -0.1) is 12.4 Å². The summed E-state index contributed by atoms with van der Waals surface area (Å²) < 4.78 is 10.00. The van der Waals surface area contributed by atoms with Crippen LogP contribution >= 0.6 is 24.0 Å². The Bertz CT molecular complexity index is 1090. The maximum Gasteiger partial charge on any atom is 0.339 e. The molecule has 0 unspecified atom stereocenters. The molecule has 0 amide bonds. The van der Waals surface area contributed by atoms with Crippen LogP contribution in [0.1, 0.15) is 21.6 Å². The molecule has 2 N–H and O–H groups in total. The molecule has 1 aliphatic rings. The van der Waals surface area contributed by atoms with Crippen molar-refractivity contribution in [2.75, 3.05) is 13.7 Å². The Morgan fingerprint density at radius 2 is 2.14 bits per heavy atom. The van der Waals surface area contributed by atoms with E-state index in [-0.39, 0.29) is 40.3 Å². The lowest BCUT2D eigenvalue weighted by Gasteiger charge is -2.16. The van der Waals surface area contributed by atoms with E-state index >= 15 is 0 Å². The molecule has 1 aromatic carbocycles. The first-order valence-electron chi connectivity index (χ1n) is 8.25. The third-order valence-electron chi connectivity index (χ3n) is 4.37. The number of methoxy groups -OCH3 is 1. The molecule has 0 atom stereocenters. The Morgan fingerprint density at radius 3 is 2.93 bits per heavy atom. The molecule has 3 aromatic rings. The fourth-order valence-electron chi connectivity index (χ4n) is 2.97. The molecule has 10 heteroatoms. The number of pyridine rings is 1. The van der Waals surface area contributed by atoms with E-state index in [0.29, 0.717) is 17.7 Å². The molecule has 146 valence electrons. The van der Waals surface area contributed by atoms with Gasteiger partial charge in [-0.3, -0.25) is 4.79 Å². The second kappa shape index (κ2) is 8.14. The molecular formula is C18H16Cl2N4O4. The molecule has 0 spiro atoms. The van der Waals surface area contributed by atoms with Crippen LogP contribution in [0.2, 0.25) is 5.02 Å². The first kappa shape index (κ1) is 20.1. The van der Waals surface area contributed by atoms with E-state index in [1.54, 1.807) is 18.2 Å². The van der Waals surface area contributed by atoms with Gasteiger partial charge in [-0.25, -0.2) is 4.79 Å². The Labute approximate surface area is 170 Å². The number of benzene rings is 1. The number of ether oxygens (including phenoxy) is 1. The molecule has 0 saturated heterocycles. The lowest BCUT2D eigenvalue weighted by molar-refractivity contribution is 0.0601. The minimum atomic E-state index is -0.569. The van der Waals surface area contributed by atoms with Gasteiger partial charge in [0.25, 0.3) is 11.4 Å². The van der Waals surface area contributed by atoms with Crippen molar-refractivity contribution < 1.29 is 14.1 Å². The molecule has 0 saturated carbocycles. The smallest absolute Gasteiger partial charge is 0.339 e. The van der Waals surface area contributed by atoms with Crippen molar-refractivity contribution in [1.82, 2.24) is 20.4 Å². The summed E-state index contributed by atoms with van der Waals surface area (Å²) in [5.41, 5.74) is 2.67. The molecule has 28 heavy (non-hydrogen) atoms. The number of nitrogens with one attached hydrogen (secondary N) is 2. The molecule has 0 bridgehead atoms. The van der Waals surface area contributed by atoms with Crippen LogP contribution < -0.4 is 10.9 Å². The van der Waals surface area contributed by atoms with E-state index in [1.807, 2.05) is 0 Å². The number of aromatic nitrogens is 3. The lowest BCUT2D eigenvalue weighted by Crippen LogP contribution is -2.27. The summed E-state index contributed by atoms with van der Waals surface area (Å²) in [5.74, 6) is -0.225. The fourth-order valence-corrected chi connectivity index (χ4v) is 3.16. The molecule has 1 aliphatic heterocycles. The van der Waals surface area contributed by atoms with E-state index in [2.05, 4.69) is 20.4 Å². The van der Waals surface area contributed by atoms with Crippen molar-refractivity contribution in [2.45, 2.75) is 13.0 Å². The SMILES string of the molecule is COC(=O)c1cc(-c2nc(-c3cc4c([nH]c3=O)CCNC4)no2)ccc1Cl.Cl. The first-order chi connectivity index (χ1) is 13.1. The van der Waals surface area contributed by atoms with Gasteiger partial charge in [0.05, 0.1) is 23.3 Å². The number of rotatable bonds is 3. The van der Waals surface area contributed by atoms with Crippen LogP contribution in [0.15, 0.2) is 33.6 Å². The number of fused-ring (bicyclic) bond motifs is 1. The second-order valence-corrected chi connectivity index (χ2v) is 6.46. The Hall–Kier alpha value is -2.68. The van der Waals surface area contributed by atoms with Crippen molar-refractivity contribution >= 4 is 30.0 Å². The van der Waals surface area contributed by atoms with E-state index in [1.165, 1.54) is 13.2 Å². The zero-order valence-electron chi connectivity index (χ0n) is 14.7. The highest BCUT2D eigenvalue weighted by molar-refractivity contribution is 6.33.